The van der Waals surface area contributed by atoms with Gasteiger partial charge < -0.3 is 20.1 Å². The van der Waals surface area contributed by atoms with Gasteiger partial charge >= 0.3 is 5.97 Å². The highest BCUT2D eigenvalue weighted by molar-refractivity contribution is 7.80. The summed E-state index contributed by atoms with van der Waals surface area (Å²) in [4.78, 5) is 12.7. The molecule has 5 nitrogen and oxygen atoms in total. The second-order valence-electron chi connectivity index (χ2n) is 7.05. The molecule has 1 aliphatic heterocycles. The number of carbonyl (C=O) groups excluding carboxylic acids is 1. The third kappa shape index (κ3) is 4.89. The quantitative estimate of drug-likeness (QED) is 0.555. The fourth-order valence-corrected chi connectivity index (χ4v) is 3.19. The van der Waals surface area contributed by atoms with E-state index >= 15 is 0 Å². The molecule has 0 unspecified atom stereocenters. The summed E-state index contributed by atoms with van der Waals surface area (Å²) < 4.78 is 11.4. The van der Waals surface area contributed by atoms with Crippen LogP contribution < -0.4 is 15.4 Å². The van der Waals surface area contributed by atoms with Gasteiger partial charge in [0, 0.05) is 5.70 Å². The normalized spacial score (nSPS) is 16.4. The Morgan fingerprint density at radius 3 is 2.54 bits per heavy atom. The Labute approximate surface area is 170 Å². The molecule has 0 aromatic heterocycles. The van der Waals surface area contributed by atoms with E-state index in [1.165, 1.54) is 0 Å². The first-order valence-electron chi connectivity index (χ1n) is 9.22. The number of ether oxygens (including phenoxy) is 2. The Balaban J connectivity index is 1.89. The lowest BCUT2D eigenvalue weighted by Gasteiger charge is -2.30. The number of hydrogen-bond acceptors (Lipinski definition) is 4. The molecule has 6 heteroatoms. The van der Waals surface area contributed by atoms with Crippen LogP contribution in [0.5, 0.6) is 11.5 Å². The number of benzene rings is 2. The monoisotopic (exact) mass is 396 g/mol. The summed E-state index contributed by atoms with van der Waals surface area (Å²) in [7, 11) is 0. The number of rotatable bonds is 6. The molecule has 1 atom stereocenters. The maximum Gasteiger partial charge on any atom is 0.338 e. The van der Waals surface area contributed by atoms with Crippen LogP contribution in [-0.4, -0.2) is 17.7 Å². The highest BCUT2D eigenvalue weighted by Crippen LogP contribution is 2.31. The van der Waals surface area contributed by atoms with Crippen molar-refractivity contribution in [1.82, 2.24) is 10.6 Å². The van der Waals surface area contributed by atoms with Crippen molar-refractivity contribution in [2.24, 2.45) is 5.92 Å². The number of hydrogen-bond donors (Lipinski definition) is 2. The molecule has 0 bridgehead atoms. The van der Waals surface area contributed by atoms with Crippen molar-refractivity contribution in [3.8, 4) is 11.5 Å². The number of thiocarbonyl (C=S) groups is 1. The zero-order chi connectivity index (χ0) is 20.1. The maximum atomic E-state index is 12.7. The Hall–Kier alpha value is -2.86. The topological polar surface area (TPSA) is 59.6 Å². The van der Waals surface area contributed by atoms with E-state index in [0.717, 1.165) is 11.3 Å². The lowest BCUT2D eigenvalue weighted by atomic mass is 9.95. The van der Waals surface area contributed by atoms with E-state index in [9.17, 15) is 4.79 Å². The Kier molecular flexibility index (Phi) is 6.31. The summed E-state index contributed by atoms with van der Waals surface area (Å²) in [5.74, 6) is 1.34. The minimum absolute atomic E-state index is 0.261. The summed E-state index contributed by atoms with van der Waals surface area (Å²) >= 11 is 5.30. The second-order valence-corrected chi connectivity index (χ2v) is 7.46. The van der Waals surface area contributed by atoms with Gasteiger partial charge in [0.15, 0.2) is 5.11 Å². The number of allylic oxidation sites excluding steroid dienone is 1. The predicted octanol–water partition coefficient (Wildman–Crippen LogP) is 4.47. The molecule has 0 radical (unpaired) electrons. The maximum absolute atomic E-state index is 12.7. The summed E-state index contributed by atoms with van der Waals surface area (Å²) in [5.41, 5.74) is 2.08. The van der Waals surface area contributed by atoms with Crippen molar-refractivity contribution in [2.45, 2.75) is 26.8 Å². The van der Waals surface area contributed by atoms with Gasteiger partial charge in [0.05, 0.1) is 18.2 Å². The third-order valence-corrected chi connectivity index (χ3v) is 4.43. The number of para-hydroxylation sites is 1. The van der Waals surface area contributed by atoms with E-state index in [4.69, 9.17) is 21.7 Å². The van der Waals surface area contributed by atoms with Crippen molar-refractivity contribution >= 4 is 23.3 Å². The smallest absolute Gasteiger partial charge is 0.338 e. The largest absolute Gasteiger partial charge is 0.462 e. The molecule has 0 saturated carbocycles. The van der Waals surface area contributed by atoms with Crippen LogP contribution in [0.3, 0.4) is 0 Å². The van der Waals surface area contributed by atoms with Crippen molar-refractivity contribution in [1.29, 1.82) is 0 Å². The van der Waals surface area contributed by atoms with Gasteiger partial charge in [-0.1, -0.05) is 44.2 Å². The van der Waals surface area contributed by atoms with E-state index in [2.05, 4.69) is 10.6 Å². The standard InChI is InChI=1S/C22H24N2O3S/c1-14(2)13-26-21(25)19-15(3)23-22(28)24-20(19)16-8-7-11-18(12-16)27-17-9-5-4-6-10-17/h4-12,14,20H,13H2,1-3H3,(H2,23,24,28)/t20-/m0/s1. The third-order valence-electron chi connectivity index (χ3n) is 4.21. The molecule has 1 aliphatic rings. The van der Waals surface area contributed by atoms with Crippen LogP contribution in [0.25, 0.3) is 0 Å². The van der Waals surface area contributed by atoms with Gasteiger partial charge in [-0.15, -0.1) is 0 Å². The molecule has 0 aliphatic carbocycles. The Morgan fingerprint density at radius 2 is 1.82 bits per heavy atom. The number of esters is 1. The van der Waals surface area contributed by atoms with E-state index in [1.807, 2.05) is 75.4 Å². The summed E-state index contributed by atoms with van der Waals surface area (Å²) in [6.45, 7) is 6.20. The minimum atomic E-state index is -0.410. The van der Waals surface area contributed by atoms with E-state index in [-0.39, 0.29) is 11.9 Å². The first-order valence-corrected chi connectivity index (χ1v) is 9.63. The first kappa shape index (κ1) is 19.9. The summed E-state index contributed by atoms with van der Waals surface area (Å²) in [6, 6.07) is 16.8. The number of nitrogens with one attached hydrogen (secondary N) is 2. The van der Waals surface area contributed by atoms with Crippen LogP contribution in [0.2, 0.25) is 0 Å². The SMILES string of the molecule is CC1=C(C(=O)OCC(C)C)[C@H](c2cccc(Oc3ccccc3)c2)NC(=S)N1. The molecular formula is C22H24N2O3S. The highest BCUT2D eigenvalue weighted by atomic mass is 32.1. The summed E-state index contributed by atoms with van der Waals surface area (Å²) in [6.07, 6.45) is 0. The van der Waals surface area contributed by atoms with Crippen molar-refractivity contribution in [3.63, 3.8) is 0 Å². The lowest BCUT2D eigenvalue weighted by Crippen LogP contribution is -2.45. The van der Waals surface area contributed by atoms with Crippen molar-refractivity contribution in [2.75, 3.05) is 6.61 Å². The summed E-state index contributed by atoms with van der Waals surface area (Å²) in [5, 5.41) is 6.67. The highest BCUT2D eigenvalue weighted by Gasteiger charge is 2.31. The fraction of sp³-hybridized carbons (Fsp3) is 0.273. The lowest BCUT2D eigenvalue weighted by molar-refractivity contribution is -0.140. The van der Waals surface area contributed by atoms with Gasteiger partial charge in [0.25, 0.3) is 0 Å². The predicted molar refractivity (Wildman–Crippen MR) is 113 cm³/mol. The average molecular weight is 397 g/mol. The molecule has 1 heterocycles. The Morgan fingerprint density at radius 1 is 1.11 bits per heavy atom. The van der Waals surface area contributed by atoms with Gasteiger partial charge in [-0.25, -0.2) is 4.79 Å². The van der Waals surface area contributed by atoms with Gasteiger partial charge in [0.2, 0.25) is 0 Å². The zero-order valence-electron chi connectivity index (χ0n) is 16.2. The van der Waals surface area contributed by atoms with E-state index in [0.29, 0.717) is 28.7 Å². The van der Waals surface area contributed by atoms with Crippen LogP contribution >= 0.6 is 12.2 Å². The van der Waals surface area contributed by atoms with Crippen LogP contribution in [0.1, 0.15) is 32.4 Å². The second kappa shape index (κ2) is 8.89. The molecule has 146 valence electrons. The molecule has 2 N–H and O–H groups in total. The van der Waals surface area contributed by atoms with Crippen LogP contribution in [-0.2, 0) is 9.53 Å². The van der Waals surface area contributed by atoms with Crippen LogP contribution in [0.15, 0.2) is 65.9 Å². The molecule has 2 aromatic rings. The molecule has 2 aromatic carbocycles. The van der Waals surface area contributed by atoms with Gasteiger partial charge in [0.1, 0.15) is 11.5 Å². The van der Waals surface area contributed by atoms with Crippen molar-refractivity contribution in [3.05, 3.63) is 71.4 Å². The fourth-order valence-electron chi connectivity index (χ4n) is 2.92. The molecule has 0 spiro atoms. The zero-order valence-corrected chi connectivity index (χ0v) is 17.0. The van der Waals surface area contributed by atoms with Gasteiger partial charge in [-0.2, -0.15) is 0 Å². The Bertz CT molecular complexity index is 894. The number of carbonyl (C=O) groups is 1. The van der Waals surface area contributed by atoms with Gasteiger partial charge in [-0.05, 0) is 54.9 Å². The van der Waals surface area contributed by atoms with E-state index in [1.54, 1.807) is 0 Å². The van der Waals surface area contributed by atoms with Crippen LogP contribution in [0.4, 0.5) is 0 Å². The van der Waals surface area contributed by atoms with E-state index < -0.39 is 6.04 Å². The molecule has 0 fully saturated rings. The van der Waals surface area contributed by atoms with Gasteiger partial charge in [-0.3, -0.25) is 0 Å². The molecular weight excluding hydrogens is 372 g/mol. The van der Waals surface area contributed by atoms with Crippen molar-refractivity contribution < 1.29 is 14.3 Å². The molecule has 0 saturated heterocycles. The minimum Gasteiger partial charge on any atom is -0.462 e. The molecule has 0 amide bonds. The average Bonchev–Trinajstić information content (AvgIpc) is 2.66. The molecule has 3 rings (SSSR count). The first-order chi connectivity index (χ1) is 13.4. The molecule has 28 heavy (non-hydrogen) atoms. The van der Waals surface area contributed by atoms with Crippen LogP contribution in [0, 0.1) is 5.92 Å².